The number of aromatic nitrogens is 3. The highest BCUT2D eigenvalue weighted by Gasteiger charge is 2.10. The van der Waals surface area contributed by atoms with Crippen molar-refractivity contribution in [1.29, 1.82) is 0 Å². The smallest absolute Gasteiger partial charge is 0.152 e. The lowest BCUT2D eigenvalue weighted by Crippen LogP contribution is -2.07. The van der Waals surface area contributed by atoms with Gasteiger partial charge in [-0.05, 0) is 53.6 Å². The van der Waals surface area contributed by atoms with Crippen LogP contribution in [0.4, 0.5) is 11.6 Å². The topological polar surface area (TPSA) is 86.0 Å². The second-order valence-electron chi connectivity index (χ2n) is 6.99. The molecule has 29 heavy (non-hydrogen) atoms. The summed E-state index contributed by atoms with van der Waals surface area (Å²) in [5.41, 5.74) is 10.7. The first kappa shape index (κ1) is 18.7. The number of pyridine rings is 1. The fourth-order valence-electron chi connectivity index (χ4n) is 3.44. The van der Waals surface area contributed by atoms with Crippen LogP contribution in [0.1, 0.15) is 22.3 Å². The Balaban J connectivity index is 1.49. The van der Waals surface area contributed by atoms with Crippen LogP contribution in [-0.4, -0.2) is 15.2 Å². The highest BCUT2D eigenvalue weighted by atomic mass is 16.5. The number of anilines is 2. The van der Waals surface area contributed by atoms with E-state index in [1.165, 1.54) is 11.1 Å². The second-order valence-corrected chi connectivity index (χ2v) is 6.99. The van der Waals surface area contributed by atoms with Crippen LogP contribution in [0.15, 0.2) is 60.9 Å². The van der Waals surface area contributed by atoms with Gasteiger partial charge in [0.2, 0.25) is 0 Å². The number of nitrogens with one attached hydrogen (secondary N) is 1. The van der Waals surface area contributed by atoms with Gasteiger partial charge in [0, 0.05) is 24.2 Å². The number of hydrogen-bond donors (Lipinski definition) is 2. The van der Waals surface area contributed by atoms with E-state index in [0.29, 0.717) is 30.5 Å². The fourth-order valence-corrected chi connectivity index (χ4v) is 3.44. The molecule has 0 saturated carbocycles. The van der Waals surface area contributed by atoms with Crippen molar-refractivity contribution in [1.82, 2.24) is 15.2 Å². The van der Waals surface area contributed by atoms with E-state index < -0.39 is 0 Å². The number of nitrogens with zero attached hydrogens (tertiary/aromatic N) is 3. The maximum atomic E-state index is 6.04. The minimum atomic E-state index is 0.490. The van der Waals surface area contributed by atoms with Gasteiger partial charge in [0.25, 0.3) is 0 Å². The third-order valence-corrected chi connectivity index (χ3v) is 5.04. The molecular weight excluding hydrogens is 362 g/mol. The summed E-state index contributed by atoms with van der Waals surface area (Å²) in [6.07, 6.45) is 3.37. The van der Waals surface area contributed by atoms with Crippen LogP contribution < -0.4 is 15.8 Å². The maximum absolute atomic E-state index is 6.04. The lowest BCUT2D eigenvalue weighted by atomic mass is 9.96. The van der Waals surface area contributed by atoms with Crippen LogP contribution in [0.5, 0.6) is 5.75 Å². The van der Waals surface area contributed by atoms with Crippen molar-refractivity contribution in [3.05, 3.63) is 83.2 Å². The number of nitrogens with two attached hydrogens (primary N) is 1. The molecule has 0 aliphatic heterocycles. The summed E-state index contributed by atoms with van der Waals surface area (Å²) in [7, 11) is 0. The normalized spacial score (nSPS) is 10.8. The lowest BCUT2D eigenvalue weighted by Gasteiger charge is -2.15. The van der Waals surface area contributed by atoms with Crippen molar-refractivity contribution in [2.24, 2.45) is 0 Å². The average Bonchev–Trinajstić information content (AvgIpc) is 2.74. The molecule has 0 radical (unpaired) electrons. The third-order valence-electron chi connectivity index (χ3n) is 5.04. The van der Waals surface area contributed by atoms with E-state index in [1.807, 2.05) is 42.5 Å². The molecule has 6 nitrogen and oxygen atoms in total. The Hall–Kier alpha value is -3.67. The van der Waals surface area contributed by atoms with Gasteiger partial charge in [-0.1, -0.05) is 30.3 Å². The summed E-state index contributed by atoms with van der Waals surface area (Å²) in [6, 6.07) is 16.0. The first-order valence-corrected chi connectivity index (χ1v) is 9.48. The van der Waals surface area contributed by atoms with E-state index in [9.17, 15) is 0 Å². The average molecular weight is 385 g/mol. The predicted octanol–water partition coefficient (Wildman–Crippen LogP) is 4.41. The molecule has 2 aromatic carbocycles. The van der Waals surface area contributed by atoms with E-state index in [1.54, 1.807) is 12.4 Å². The summed E-state index contributed by atoms with van der Waals surface area (Å²) in [5, 5.41) is 13.7. The summed E-state index contributed by atoms with van der Waals surface area (Å²) in [6.45, 7) is 5.31. The van der Waals surface area contributed by atoms with E-state index in [2.05, 4.69) is 40.4 Å². The zero-order valence-corrected chi connectivity index (χ0v) is 16.5. The van der Waals surface area contributed by atoms with Gasteiger partial charge in [0.05, 0.1) is 6.20 Å². The second kappa shape index (κ2) is 8.14. The monoisotopic (exact) mass is 385 g/mol. The number of rotatable bonds is 6. The quantitative estimate of drug-likeness (QED) is 0.511. The van der Waals surface area contributed by atoms with Crippen LogP contribution in [0.3, 0.4) is 0 Å². The number of ether oxygens (including phenoxy) is 1. The molecule has 0 aliphatic rings. The largest absolute Gasteiger partial charge is 0.487 e. The van der Waals surface area contributed by atoms with Crippen molar-refractivity contribution in [2.75, 3.05) is 11.1 Å². The maximum Gasteiger partial charge on any atom is 0.152 e. The Morgan fingerprint density at radius 1 is 1.03 bits per heavy atom. The molecule has 0 bridgehead atoms. The first-order valence-electron chi connectivity index (χ1n) is 9.48. The Morgan fingerprint density at radius 2 is 1.86 bits per heavy atom. The van der Waals surface area contributed by atoms with Crippen LogP contribution in [0.25, 0.3) is 10.8 Å². The third kappa shape index (κ3) is 4.11. The van der Waals surface area contributed by atoms with Crippen molar-refractivity contribution < 1.29 is 4.74 Å². The van der Waals surface area contributed by atoms with Gasteiger partial charge in [0.1, 0.15) is 18.2 Å². The van der Waals surface area contributed by atoms with Gasteiger partial charge in [-0.2, -0.15) is 5.10 Å². The molecule has 0 spiro atoms. The Kier molecular flexibility index (Phi) is 5.24. The van der Waals surface area contributed by atoms with Crippen LogP contribution in [0.2, 0.25) is 0 Å². The van der Waals surface area contributed by atoms with E-state index in [0.717, 1.165) is 21.9 Å². The number of hydrogen-bond acceptors (Lipinski definition) is 6. The van der Waals surface area contributed by atoms with Crippen molar-refractivity contribution in [3.8, 4) is 5.75 Å². The highest BCUT2D eigenvalue weighted by molar-refractivity contribution is 5.94. The first-order chi connectivity index (χ1) is 14.1. The van der Waals surface area contributed by atoms with E-state index >= 15 is 0 Å². The molecule has 0 fully saturated rings. The van der Waals surface area contributed by atoms with E-state index in [-0.39, 0.29) is 0 Å². The summed E-state index contributed by atoms with van der Waals surface area (Å²) in [5.74, 6) is 1.91. The standard InChI is InChI=1S/C23H23N5O/c1-15-10-20-19(8-9-25-23(20)24)16(2)21(15)13-26-22-11-18(12-27-28-22)29-14-17-6-4-3-5-7-17/h3-12H,13-14H2,1-2H3,(H2,24,25)(H,26,28). The molecule has 0 saturated heterocycles. The summed E-state index contributed by atoms with van der Waals surface area (Å²) < 4.78 is 5.84. The molecule has 3 N–H and O–H groups in total. The minimum Gasteiger partial charge on any atom is -0.487 e. The Morgan fingerprint density at radius 3 is 2.69 bits per heavy atom. The lowest BCUT2D eigenvalue weighted by molar-refractivity contribution is 0.304. The molecular formula is C23H23N5O. The summed E-state index contributed by atoms with van der Waals surface area (Å²) in [4.78, 5) is 4.19. The number of benzene rings is 2. The zero-order valence-electron chi connectivity index (χ0n) is 16.5. The van der Waals surface area contributed by atoms with Gasteiger partial charge < -0.3 is 15.8 Å². The number of aryl methyl sites for hydroxylation is 2. The fraction of sp³-hybridized carbons (Fsp3) is 0.174. The van der Waals surface area contributed by atoms with Gasteiger partial charge in [0.15, 0.2) is 5.82 Å². The summed E-state index contributed by atoms with van der Waals surface area (Å²) >= 11 is 0. The molecule has 4 rings (SSSR count). The molecule has 146 valence electrons. The van der Waals surface area contributed by atoms with Crippen LogP contribution in [0, 0.1) is 13.8 Å². The Bertz CT molecular complexity index is 1140. The van der Waals surface area contributed by atoms with Gasteiger partial charge in [-0.25, -0.2) is 4.98 Å². The molecule has 2 heterocycles. The SMILES string of the molecule is Cc1cc2c(N)nccc2c(C)c1CNc1cc(OCc2ccccc2)cnn1. The Labute approximate surface area is 169 Å². The van der Waals surface area contributed by atoms with Gasteiger partial charge >= 0.3 is 0 Å². The molecule has 0 atom stereocenters. The predicted molar refractivity (Wildman–Crippen MR) is 116 cm³/mol. The highest BCUT2D eigenvalue weighted by Crippen LogP contribution is 2.28. The molecule has 0 unspecified atom stereocenters. The number of fused-ring (bicyclic) bond motifs is 1. The van der Waals surface area contributed by atoms with E-state index in [4.69, 9.17) is 10.5 Å². The van der Waals surface area contributed by atoms with Crippen molar-refractivity contribution in [2.45, 2.75) is 27.0 Å². The molecule has 0 amide bonds. The van der Waals surface area contributed by atoms with Crippen molar-refractivity contribution in [3.63, 3.8) is 0 Å². The molecule has 4 aromatic rings. The van der Waals surface area contributed by atoms with Crippen LogP contribution in [-0.2, 0) is 13.2 Å². The number of nitrogen functional groups attached to an aromatic ring is 1. The van der Waals surface area contributed by atoms with Gasteiger partial charge in [-0.3, -0.25) is 0 Å². The van der Waals surface area contributed by atoms with Gasteiger partial charge in [-0.15, -0.1) is 5.10 Å². The van der Waals surface area contributed by atoms with Crippen molar-refractivity contribution >= 4 is 22.4 Å². The molecule has 2 aromatic heterocycles. The molecule has 6 heteroatoms. The van der Waals surface area contributed by atoms with Crippen LogP contribution >= 0.6 is 0 Å². The minimum absolute atomic E-state index is 0.490. The zero-order chi connectivity index (χ0) is 20.2. The molecule has 0 aliphatic carbocycles.